The van der Waals surface area contributed by atoms with Gasteiger partial charge in [-0.05, 0) is 57.2 Å². The lowest BCUT2D eigenvalue weighted by Crippen LogP contribution is -2.01. The van der Waals surface area contributed by atoms with E-state index in [1.165, 1.54) is 12.1 Å². The van der Waals surface area contributed by atoms with Crippen LogP contribution in [0, 0.1) is 34.1 Å². The molecule has 1 N–H and O–H groups in total. The lowest BCUT2D eigenvalue weighted by Gasteiger charge is -2.11. The molecule has 0 fully saturated rings. The molecule has 10 nitrogen and oxygen atoms in total. The number of ether oxygens (including phenoxy) is 1. The molecule has 2 aromatic carbocycles. The average molecular weight is 423 g/mol. The summed E-state index contributed by atoms with van der Waals surface area (Å²) >= 11 is 0. The third-order valence-electron chi connectivity index (χ3n) is 4.65. The first-order valence-corrected chi connectivity index (χ1v) is 9.46. The fourth-order valence-electron chi connectivity index (χ4n) is 3.22. The van der Waals surface area contributed by atoms with Gasteiger partial charge in [-0.3, -0.25) is 25.7 Å². The summed E-state index contributed by atoms with van der Waals surface area (Å²) in [5, 5.41) is 26.2. The van der Waals surface area contributed by atoms with E-state index in [-0.39, 0.29) is 11.4 Å². The highest BCUT2D eigenvalue weighted by molar-refractivity contribution is 5.83. The summed E-state index contributed by atoms with van der Waals surface area (Å²) in [5.41, 5.74) is 5.60. The molecule has 0 saturated heterocycles. The monoisotopic (exact) mass is 423 g/mol. The minimum Gasteiger partial charge on any atom is -0.494 e. The second-order valence-electron chi connectivity index (χ2n) is 6.67. The van der Waals surface area contributed by atoms with Crippen molar-refractivity contribution < 1.29 is 14.6 Å². The molecule has 0 spiro atoms. The van der Waals surface area contributed by atoms with E-state index in [1.807, 2.05) is 51.1 Å². The number of hydrogen-bond donors (Lipinski definition) is 1. The number of aryl methyl sites for hydroxylation is 1. The maximum atomic E-state index is 11.2. The first kappa shape index (κ1) is 21.5. The summed E-state index contributed by atoms with van der Waals surface area (Å²) in [6, 6.07) is 13.0. The summed E-state index contributed by atoms with van der Waals surface area (Å²) in [7, 11) is 0. The molecule has 0 aliphatic heterocycles. The summed E-state index contributed by atoms with van der Waals surface area (Å²) in [6.07, 6.45) is 1.55. The molecule has 1 aromatic heterocycles. The minimum absolute atomic E-state index is 0.0622. The molecule has 0 aliphatic carbocycles. The van der Waals surface area contributed by atoms with Gasteiger partial charge in [0.25, 0.3) is 5.69 Å². The van der Waals surface area contributed by atoms with Crippen molar-refractivity contribution in [3.8, 4) is 11.4 Å². The van der Waals surface area contributed by atoms with Gasteiger partial charge in [0, 0.05) is 28.7 Å². The smallest absolute Gasteiger partial charge is 0.301 e. The molecule has 10 heteroatoms. The molecular weight excluding hydrogens is 402 g/mol. The highest BCUT2D eigenvalue weighted by atomic mass is 16.6. The maximum absolute atomic E-state index is 11.2. The number of nitrogens with one attached hydrogen (secondary N) is 1. The van der Waals surface area contributed by atoms with Gasteiger partial charge in [0.15, 0.2) is 0 Å². The molecule has 0 radical (unpaired) electrons. The van der Waals surface area contributed by atoms with E-state index in [2.05, 4.69) is 15.1 Å². The van der Waals surface area contributed by atoms with Crippen LogP contribution in [0.3, 0.4) is 0 Å². The summed E-state index contributed by atoms with van der Waals surface area (Å²) in [5.74, 6) is 0.796. The van der Waals surface area contributed by atoms with Crippen molar-refractivity contribution in [2.75, 3.05) is 12.0 Å². The zero-order valence-corrected chi connectivity index (χ0v) is 17.2. The molecule has 0 bridgehead atoms. The summed E-state index contributed by atoms with van der Waals surface area (Å²) in [6.45, 7) is 6.44. The number of non-ortho nitro benzene ring substituents is 1. The van der Waals surface area contributed by atoms with E-state index in [0.717, 1.165) is 34.5 Å². The van der Waals surface area contributed by atoms with Gasteiger partial charge in [0.05, 0.1) is 28.7 Å². The normalized spacial score (nSPS) is 10.9. The van der Waals surface area contributed by atoms with Crippen LogP contribution in [0.5, 0.6) is 5.75 Å². The van der Waals surface area contributed by atoms with E-state index in [1.54, 1.807) is 6.21 Å². The number of aromatic nitrogens is 1. The average Bonchev–Trinajstić information content (AvgIpc) is 3.02. The molecule has 3 aromatic rings. The molecule has 0 amide bonds. The molecule has 0 aliphatic rings. The first-order chi connectivity index (χ1) is 14.8. The molecule has 0 atom stereocenters. The lowest BCUT2D eigenvalue weighted by atomic mass is 10.2. The van der Waals surface area contributed by atoms with Crippen molar-refractivity contribution in [2.24, 2.45) is 5.10 Å². The van der Waals surface area contributed by atoms with Crippen LogP contribution in [0.1, 0.15) is 23.9 Å². The number of benzene rings is 2. The van der Waals surface area contributed by atoms with Gasteiger partial charge < -0.3 is 9.30 Å². The van der Waals surface area contributed by atoms with Crippen molar-refractivity contribution in [1.82, 2.24) is 4.57 Å². The van der Waals surface area contributed by atoms with Gasteiger partial charge in [-0.25, -0.2) is 0 Å². The second kappa shape index (κ2) is 9.08. The molecular formula is C21H21N5O5. The maximum Gasteiger partial charge on any atom is 0.301 e. The number of nitrogens with zero attached hydrogens (tertiary/aromatic N) is 4. The number of hydrazone groups is 1. The molecule has 3 rings (SSSR count). The van der Waals surface area contributed by atoms with E-state index in [9.17, 15) is 20.2 Å². The predicted octanol–water partition coefficient (Wildman–Crippen LogP) is 4.76. The van der Waals surface area contributed by atoms with Crippen LogP contribution in [0.4, 0.5) is 17.1 Å². The molecule has 31 heavy (non-hydrogen) atoms. The topological polar surface area (TPSA) is 125 Å². The van der Waals surface area contributed by atoms with Gasteiger partial charge in [-0.1, -0.05) is 0 Å². The Morgan fingerprint density at radius 1 is 1.06 bits per heavy atom. The highest BCUT2D eigenvalue weighted by Gasteiger charge is 2.19. The van der Waals surface area contributed by atoms with Crippen LogP contribution in [0.2, 0.25) is 0 Å². The van der Waals surface area contributed by atoms with Crippen molar-refractivity contribution in [2.45, 2.75) is 20.8 Å². The Hall–Kier alpha value is -4.21. The number of nitro groups is 2. The predicted molar refractivity (Wildman–Crippen MR) is 117 cm³/mol. The van der Waals surface area contributed by atoms with E-state index in [4.69, 9.17) is 4.74 Å². The summed E-state index contributed by atoms with van der Waals surface area (Å²) < 4.78 is 7.54. The Morgan fingerprint density at radius 3 is 2.39 bits per heavy atom. The van der Waals surface area contributed by atoms with Crippen molar-refractivity contribution >= 4 is 23.3 Å². The Bertz CT molecular complexity index is 1150. The quantitative estimate of drug-likeness (QED) is 0.316. The SMILES string of the molecule is CCOc1ccc(-n2c(C)cc(C=NNc3ccc([N+](=O)[O-])cc3[N+](=O)[O-])c2C)cc1. The van der Waals surface area contributed by atoms with Crippen LogP contribution in [0.15, 0.2) is 53.6 Å². The van der Waals surface area contributed by atoms with Crippen molar-refractivity contribution in [3.05, 3.63) is 85.7 Å². The third kappa shape index (κ3) is 4.69. The fourth-order valence-corrected chi connectivity index (χ4v) is 3.22. The van der Waals surface area contributed by atoms with Crippen LogP contribution in [-0.2, 0) is 0 Å². The standard InChI is InChI=1S/C21H21N5O5/c1-4-31-19-8-5-17(6-9-19)24-14(2)11-16(15(24)3)13-22-23-20-10-7-18(25(27)28)12-21(20)26(29)30/h5-13,23H,4H2,1-3H3. The number of anilines is 1. The molecule has 0 saturated carbocycles. The van der Waals surface area contributed by atoms with Crippen molar-refractivity contribution in [1.29, 1.82) is 0 Å². The Balaban J connectivity index is 1.83. The van der Waals surface area contributed by atoms with Crippen LogP contribution in [-0.4, -0.2) is 27.2 Å². The number of rotatable bonds is 8. The van der Waals surface area contributed by atoms with Gasteiger partial charge in [0.2, 0.25) is 0 Å². The zero-order chi connectivity index (χ0) is 22.5. The van der Waals surface area contributed by atoms with E-state index in [0.29, 0.717) is 6.61 Å². The second-order valence-corrected chi connectivity index (χ2v) is 6.67. The van der Waals surface area contributed by atoms with Crippen LogP contribution in [0.25, 0.3) is 5.69 Å². The minimum atomic E-state index is -0.692. The van der Waals surface area contributed by atoms with Gasteiger partial charge in [-0.15, -0.1) is 0 Å². The lowest BCUT2D eigenvalue weighted by molar-refractivity contribution is -0.393. The Kier molecular flexibility index (Phi) is 6.29. The molecule has 0 unspecified atom stereocenters. The number of nitro benzene ring substituents is 2. The first-order valence-electron chi connectivity index (χ1n) is 9.46. The fraction of sp³-hybridized carbons (Fsp3) is 0.190. The third-order valence-corrected chi connectivity index (χ3v) is 4.65. The van der Waals surface area contributed by atoms with E-state index < -0.39 is 15.5 Å². The van der Waals surface area contributed by atoms with Gasteiger partial charge >= 0.3 is 5.69 Å². The van der Waals surface area contributed by atoms with Crippen LogP contribution < -0.4 is 10.2 Å². The Morgan fingerprint density at radius 2 is 1.77 bits per heavy atom. The van der Waals surface area contributed by atoms with Crippen LogP contribution >= 0.6 is 0 Å². The zero-order valence-electron chi connectivity index (χ0n) is 17.2. The van der Waals surface area contributed by atoms with E-state index >= 15 is 0 Å². The molecule has 160 valence electrons. The highest BCUT2D eigenvalue weighted by Crippen LogP contribution is 2.29. The van der Waals surface area contributed by atoms with Crippen molar-refractivity contribution in [3.63, 3.8) is 0 Å². The Labute approximate surface area is 178 Å². The van der Waals surface area contributed by atoms with Gasteiger partial charge in [0.1, 0.15) is 11.4 Å². The van der Waals surface area contributed by atoms with Gasteiger partial charge in [-0.2, -0.15) is 5.10 Å². The molecule has 1 heterocycles. The number of hydrogen-bond acceptors (Lipinski definition) is 7. The largest absolute Gasteiger partial charge is 0.494 e. The summed E-state index contributed by atoms with van der Waals surface area (Å²) in [4.78, 5) is 20.7.